The van der Waals surface area contributed by atoms with Crippen LogP contribution in [0.15, 0.2) is 58.1 Å². The van der Waals surface area contributed by atoms with Crippen LogP contribution in [0.4, 0.5) is 0 Å². The van der Waals surface area contributed by atoms with Gasteiger partial charge >= 0.3 is 0 Å². The summed E-state index contributed by atoms with van der Waals surface area (Å²) in [7, 11) is -3.35. The van der Waals surface area contributed by atoms with Gasteiger partial charge < -0.3 is 4.90 Å². The molecule has 26 heavy (non-hydrogen) atoms. The van der Waals surface area contributed by atoms with Crippen LogP contribution in [0.5, 0.6) is 0 Å². The van der Waals surface area contributed by atoms with Gasteiger partial charge in [-0.15, -0.1) is 22.7 Å². The highest BCUT2D eigenvalue weighted by atomic mass is 32.2. The predicted octanol–water partition coefficient (Wildman–Crippen LogP) is 4.00. The Morgan fingerprint density at radius 2 is 1.96 bits per heavy atom. The zero-order valence-electron chi connectivity index (χ0n) is 14.1. The molecule has 2 aromatic heterocycles. The molecule has 0 N–H and O–H groups in total. The van der Waals surface area contributed by atoms with Crippen molar-refractivity contribution in [3.05, 3.63) is 74.1 Å². The Bertz CT molecular complexity index is 1050. The minimum absolute atomic E-state index is 0.112. The van der Waals surface area contributed by atoms with Crippen LogP contribution in [0.1, 0.15) is 31.7 Å². The van der Waals surface area contributed by atoms with Crippen LogP contribution in [0.2, 0.25) is 0 Å². The van der Waals surface area contributed by atoms with E-state index < -0.39 is 9.84 Å². The molecule has 1 amide bonds. The van der Waals surface area contributed by atoms with Crippen molar-refractivity contribution in [2.75, 3.05) is 12.8 Å². The summed E-state index contributed by atoms with van der Waals surface area (Å²) in [5, 5.41) is 4.09. The number of nitrogens with zero attached hydrogens (tertiary/aromatic N) is 1. The van der Waals surface area contributed by atoms with E-state index in [4.69, 9.17) is 0 Å². The zero-order valence-corrected chi connectivity index (χ0v) is 16.5. The predicted molar refractivity (Wildman–Crippen MR) is 105 cm³/mol. The number of fused-ring (bicyclic) bond motifs is 1. The minimum Gasteiger partial charge on any atom is -0.326 e. The summed E-state index contributed by atoms with van der Waals surface area (Å²) in [6, 6.07) is 12.3. The van der Waals surface area contributed by atoms with E-state index in [2.05, 4.69) is 17.5 Å². The minimum atomic E-state index is -3.35. The molecule has 0 saturated carbocycles. The summed E-state index contributed by atoms with van der Waals surface area (Å²) in [6.07, 6.45) is 1.98. The number of hydrogen-bond acceptors (Lipinski definition) is 5. The van der Waals surface area contributed by atoms with E-state index in [1.807, 2.05) is 16.3 Å². The van der Waals surface area contributed by atoms with Gasteiger partial charge in [-0.25, -0.2) is 8.42 Å². The van der Waals surface area contributed by atoms with E-state index >= 15 is 0 Å². The van der Waals surface area contributed by atoms with Crippen LogP contribution in [0, 0.1) is 0 Å². The van der Waals surface area contributed by atoms with Crippen LogP contribution < -0.4 is 0 Å². The first-order valence-corrected chi connectivity index (χ1v) is 11.8. The van der Waals surface area contributed by atoms with Gasteiger partial charge in [0.2, 0.25) is 0 Å². The number of sulfone groups is 1. The maximum atomic E-state index is 13.3. The standard InChI is InChI=1S/C19H17NO3S3/c1-26(22,23)14-5-2-4-13(12-14)19(21)20-9-7-16-15(8-11-25-16)18(20)17-6-3-10-24-17/h2-6,8,10-12,18H,7,9H2,1H3/t18-/m1/s1. The Balaban J connectivity index is 1.76. The molecule has 0 fully saturated rings. The molecule has 1 aliphatic rings. The molecule has 1 aromatic carbocycles. The normalized spacial score (nSPS) is 17.1. The summed E-state index contributed by atoms with van der Waals surface area (Å²) < 4.78 is 23.7. The number of thiophene rings is 2. The fourth-order valence-electron chi connectivity index (χ4n) is 3.31. The first-order valence-electron chi connectivity index (χ1n) is 8.16. The third-order valence-corrected chi connectivity index (χ3v) is 7.58. The number of amides is 1. The fourth-order valence-corrected chi connectivity index (χ4v) is 5.74. The van der Waals surface area contributed by atoms with Gasteiger partial charge in [0.1, 0.15) is 0 Å². The summed E-state index contributed by atoms with van der Waals surface area (Å²) >= 11 is 3.36. The Labute approximate surface area is 160 Å². The lowest BCUT2D eigenvalue weighted by Gasteiger charge is -2.35. The molecule has 134 valence electrons. The van der Waals surface area contributed by atoms with E-state index in [1.165, 1.54) is 22.6 Å². The highest BCUT2D eigenvalue weighted by Gasteiger charge is 2.34. The molecule has 3 aromatic rings. The molecule has 0 saturated heterocycles. The Kier molecular flexibility index (Phi) is 4.46. The van der Waals surface area contributed by atoms with Gasteiger partial charge in [0.25, 0.3) is 5.91 Å². The van der Waals surface area contributed by atoms with Gasteiger partial charge in [-0.3, -0.25) is 4.79 Å². The van der Waals surface area contributed by atoms with E-state index in [9.17, 15) is 13.2 Å². The lowest BCUT2D eigenvalue weighted by Crippen LogP contribution is -2.39. The van der Waals surface area contributed by atoms with Crippen molar-refractivity contribution in [1.29, 1.82) is 0 Å². The monoisotopic (exact) mass is 403 g/mol. The second kappa shape index (κ2) is 6.64. The SMILES string of the molecule is CS(=O)(=O)c1cccc(C(=O)N2CCc3sccc3[C@@H]2c2cccs2)c1. The fraction of sp³-hybridized carbons (Fsp3) is 0.211. The van der Waals surface area contributed by atoms with E-state index in [-0.39, 0.29) is 16.8 Å². The topological polar surface area (TPSA) is 54.5 Å². The van der Waals surface area contributed by atoms with E-state index in [1.54, 1.807) is 34.8 Å². The molecule has 0 bridgehead atoms. The molecule has 3 heterocycles. The number of benzene rings is 1. The Morgan fingerprint density at radius 1 is 1.12 bits per heavy atom. The third kappa shape index (κ3) is 3.11. The smallest absolute Gasteiger partial charge is 0.254 e. The molecule has 7 heteroatoms. The van der Waals surface area contributed by atoms with Crippen molar-refractivity contribution in [2.24, 2.45) is 0 Å². The van der Waals surface area contributed by atoms with Gasteiger partial charge in [0.05, 0.1) is 10.9 Å². The molecule has 0 spiro atoms. The molecule has 1 aliphatic heterocycles. The van der Waals surface area contributed by atoms with Crippen molar-refractivity contribution in [2.45, 2.75) is 17.4 Å². The maximum absolute atomic E-state index is 13.3. The molecular formula is C19H17NO3S3. The van der Waals surface area contributed by atoms with Crippen molar-refractivity contribution in [1.82, 2.24) is 4.90 Å². The molecule has 0 radical (unpaired) electrons. The van der Waals surface area contributed by atoms with Crippen molar-refractivity contribution < 1.29 is 13.2 Å². The third-order valence-electron chi connectivity index (χ3n) is 4.55. The summed E-state index contributed by atoms with van der Waals surface area (Å²) in [5.41, 5.74) is 1.59. The van der Waals surface area contributed by atoms with Crippen molar-refractivity contribution >= 4 is 38.4 Å². The molecule has 4 rings (SSSR count). The highest BCUT2D eigenvalue weighted by molar-refractivity contribution is 7.90. The van der Waals surface area contributed by atoms with Crippen molar-refractivity contribution in [3.63, 3.8) is 0 Å². The summed E-state index contributed by atoms with van der Waals surface area (Å²) in [6.45, 7) is 0.623. The lowest BCUT2D eigenvalue weighted by molar-refractivity contribution is 0.0698. The molecule has 4 nitrogen and oxygen atoms in total. The van der Waals surface area contributed by atoms with Crippen LogP contribution >= 0.6 is 22.7 Å². The second-order valence-electron chi connectivity index (χ2n) is 6.27. The van der Waals surface area contributed by atoms with E-state index in [0.717, 1.165) is 17.6 Å². The molecule has 0 aliphatic carbocycles. The first-order chi connectivity index (χ1) is 12.4. The van der Waals surface area contributed by atoms with Gasteiger partial charge in [0.15, 0.2) is 9.84 Å². The number of carbonyl (C=O) groups excluding carboxylic acids is 1. The quantitative estimate of drug-likeness (QED) is 0.664. The van der Waals surface area contributed by atoms with Gasteiger partial charge in [-0.05, 0) is 53.1 Å². The molecule has 0 unspecified atom stereocenters. The summed E-state index contributed by atoms with van der Waals surface area (Å²) in [4.78, 5) is 17.7. The van der Waals surface area contributed by atoms with Crippen LogP contribution in [-0.2, 0) is 16.3 Å². The van der Waals surface area contributed by atoms with E-state index in [0.29, 0.717) is 12.1 Å². The maximum Gasteiger partial charge on any atom is 0.254 e. The number of hydrogen-bond donors (Lipinski definition) is 0. The Morgan fingerprint density at radius 3 is 2.69 bits per heavy atom. The second-order valence-corrected chi connectivity index (χ2v) is 10.3. The van der Waals surface area contributed by atoms with Crippen molar-refractivity contribution in [3.8, 4) is 0 Å². The first kappa shape index (κ1) is 17.5. The van der Waals surface area contributed by atoms with Gasteiger partial charge in [-0.2, -0.15) is 0 Å². The van der Waals surface area contributed by atoms with Crippen LogP contribution in [-0.4, -0.2) is 32.0 Å². The average Bonchev–Trinajstić information content (AvgIpc) is 3.31. The van der Waals surface area contributed by atoms with Crippen LogP contribution in [0.25, 0.3) is 0 Å². The van der Waals surface area contributed by atoms with Crippen LogP contribution in [0.3, 0.4) is 0 Å². The number of rotatable bonds is 3. The highest BCUT2D eigenvalue weighted by Crippen LogP contribution is 2.40. The van der Waals surface area contributed by atoms with Gasteiger partial charge in [0, 0.05) is 28.1 Å². The lowest BCUT2D eigenvalue weighted by atomic mass is 9.97. The zero-order chi connectivity index (χ0) is 18.3. The number of carbonyl (C=O) groups is 1. The molecule has 1 atom stereocenters. The molecular weight excluding hydrogens is 386 g/mol. The largest absolute Gasteiger partial charge is 0.326 e. The average molecular weight is 404 g/mol. The Hall–Kier alpha value is -1.96. The summed E-state index contributed by atoms with van der Waals surface area (Å²) in [5.74, 6) is -0.134. The van der Waals surface area contributed by atoms with Gasteiger partial charge in [-0.1, -0.05) is 12.1 Å².